The van der Waals surface area contributed by atoms with Crippen LogP contribution in [-0.2, 0) is 8.85 Å². The van der Waals surface area contributed by atoms with Crippen LogP contribution in [0.1, 0.15) is 33.1 Å². The quantitative estimate of drug-likeness (QED) is 0.685. The smallest absolute Gasteiger partial charge is 0.351 e. The molecule has 0 spiro atoms. The molecule has 0 aromatic carbocycles. The van der Waals surface area contributed by atoms with E-state index in [-0.39, 0.29) is 0 Å². The van der Waals surface area contributed by atoms with Crippen molar-refractivity contribution >= 4 is 9.28 Å². The van der Waals surface area contributed by atoms with Gasteiger partial charge in [0, 0.05) is 14.2 Å². The molecular formula is C12H22O2Si. The number of hydrogen-bond acceptors (Lipinski definition) is 2. The van der Waals surface area contributed by atoms with Gasteiger partial charge in [-0.2, -0.15) is 0 Å². The Morgan fingerprint density at radius 2 is 2.07 bits per heavy atom. The predicted octanol–water partition coefficient (Wildman–Crippen LogP) is 2.42. The van der Waals surface area contributed by atoms with Crippen molar-refractivity contribution in [1.82, 2.24) is 0 Å². The molecule has 2 bridgehead atoms. The van der Waals surface area contributed by atoms with E-state index in [9.17, 15) is 0 Å². The largest absolute Gasteiger partial charge is 0.397 e. The second-order valence-corrected chi connectivity index (χ2v) is 7.47. The van der Waals surface area contributed by atoms with E-state index in [1.165, 1.54) is 19.3 Å². The minimum Gasteiger partial charge on any atom is -0.397 e. The highest BCUT2D eigenvalue weighted by Crippen LogP contribution is 2.58. The van der Waals surface area contributed by atoms with Gasteiger partial charge >= 0.3 is 9.28 Å². The lowest BCUT2D eigenvalue weighted by Gasteiger charge is -2.36. The highest BCUT2D eigenvalue weighted by molar-refractivity contribution is 6.54. The molecule has 1 saturated carbocycles. The lowest BCUT2D eigenvalue weighted by atomic mass is 9.77. The van der Waals surface area contributed by atoms with E-state index in [4.69, 9.17) is 8.85 Å². The zero-order chi connectivity index (χ0) is 11.1. The van der Waals surface area contributed by atoms with Gasteiger partial charge in [-0.1, -0.05) is 19.9 Å². The summed E-state index contributed by atoms with van der Waals surface area (Å²) >= 11 is 0. The summed E-state index contributed by atoms with van der Waals surface area (Å²) in [7, 11) is 2.03. The Hall–Kier alpha value is -0.123. The third-order valence-corrected chi connectivity index (χ3v) is 6.50. The van der Waals surface area contributed by atoms with Crippen LogP contribution in [0.25, 0.3) is 0 Å². The summed E-state index contributed by atoms with van der Waals surface area (Å²) in [6, 6.07) is 0. The lowest BCUT2D eigenvalue weighted by Crippen LogP contribution is -2.36. The molecule has 0 heterocycles. The maximum absolute atomic E-state index is 5.56. The van der Waals surface area contributed by atoms with E-state index in [1.54, 1.807) is 19.4 Å². The molecule has 2 atom stereocenters. The van der Waals surface area contributed by atoms with Crippen molar-refractivity contribution in [3.05, 3.63) is 11.3 Å². The first kappa shape index (κ1) is 11.4. The Kier molecular flexibility index (Phi) is 3.06. The maximum Gasteiger partial charge on any atom is 0.351 e. The van der Waals surface area contributed by atoms with E-state index in [0.29, 0.717) is 5.41 Å². The van der Waals surface area contributed by atoms with E-state index in [0.717, 1.165) is 11.8 Å². The summed E-state index contributed by atoms with van der Waals surface area (Å²) in [5.41, 5.74) is 0.424. The van der Waals surface area contributed by atoms with Gasteiger partial charge in [0.2, 0.25) is 0 Å². The molecule has 2 aliphatic rings. The zero-order valence-electron chi connectivity index (χ0n) is 10.2. The first-order valence-corrected chi connectivity index (χ1v) is 7.44. The van der Waals surface area contributed by atoms with E-state index >= 15 is 0 Å². The molecule has 2 unspecified atom stereocenters. The average Bonchev–Trinajstić information content (AvgIpc) is 2.78. The summed E-state index contributed by atoms with van der Waals surface area (Å²) in [6.45, 7) is 4.69. The number of hydrogen-bond donors (Lipinski definition) is 0. The van der Waals surface area contributed by atoms with Crippen molar-refractivity contribution in [2.75, 3.05) is 14.2 Å². The van der Waals surface area contributed by atoms with Gasteiger partial charge in [0.25, 0.3) is 0 Å². The van der Waals surface area contributed by atoms with Crippen molar-refractivity contribution in [3.8, 4) is 0 Å². The van der Waals surface area contributed by atoms with Crippen LogP contribution in [-0.4, -0.2) is 23.5 Å². The molecule has 0 radical (unpaired) electrons. The van der Waals surface area contributed by atoms with Gasteiger partial charge in [-0.25, -0.2) is 0 Å². The van der Waals surface area contributed by atoms with Crippen LogP contribution in [0, 0.1) is 17.3 Å². The van der Waals surface area contributed by atoms with Gasteiger partial charge in [0.05, 0.1) is 0 Å². The number of rotatable bonds is 4. The van der Waals surface area contributed by atoms with Gasteiger partial charge in [-0.15, -0.1) is 0 Å². The number of fused-ring (bicyclic) bond motifs is 2. The minimum atomic E-state index is -1.55. The summed E-state index contributed by atoms with van der Waals surface area (Å²) < 4.78 is 11.1. The molecule has 0 aromatic heterocycles. The van der Waals surface area contributed by atoms with E-state index in [1.807, 2.05) is 0 Å². The predicted molar refractivity (Wildman–Crippen MR) is 63.9 cm³/mol. The van der Waals surface area contributed by atoms with Crippen LogP contribution in [0.5, 0.6) is 0 Å². The summed E-state index contributed by atoms with van der Waals surface area (Å²) in [4.78, 5) is 0. The fraction of sp³-hybridized carbons (Fsp3) is 0.833. The molecule has 0 aromatic rings. The Morgan fingerprint density at radius 3 is 2.53 bits per heavy atom. The maximum atomic E-state index is 5.56. The summed E-state index contributed by atoms with van der Waals surface area (Å²) in [5.74, 6) is 1.53. The topological polar surface area (TPSA) is 18.5 Å². The highest BCUT2D eigenvalue weighted by Gasteiger charge is 2.51. The Labute approximate surface area is 94.5 Å². The fourth-order valence-corrected chi connectivity index (χ4v) is 5.65. The van der Waals surface area contributed by atoms with Gasteiger partial charge in [-0.3, -0.25) is 0 Å². The van der Waals surface area contributed by atoms with Crippen molar-refractivity contribution in [2.45, 2.75) is 33.1 Å². The monoisotopic (exact) mass is 226 g/mol. The van der Waals surface area contributed by atoms with Crippen molar-refractivity contribution < 1.29 is 8.85 Å². The Balaban J connectivity index is 2.28. The molecule has 0 aliphatic heterocycles. The van der Waals surface area contributed by atoms with Crippen molar-refractivity contribution in [3.63, 3.8) is 0 Å². The van der Waals surface area contributed by atoms with Crippen LogP contribution in [0.2, 0.25) is 0 Å². The molecule has 0 amide bonds. The lowest BCUT2D eigenvalue weighted by molar-refractivity contribution is 0.233. The third-order valence-electron chi connectivity index (χ3n) is 4.37. The van der Waals surface area contributed by atoms with Crippen LogP contribution >= 0.6 is 0 Å². The molecule has 15 heavy (non-hydrogen) atoms. The van der Waals surface area contributed by atoms with E-state index in [2.05, 4.69) is 19.9 Å². The minimum absolute atomic E-state index is 0.424. The zero-order valence-corrected chi connectivity index (χ0v) is 11.4. The number of allylic oxidation sites excluding steroid dienone is 2. The van der Waals surface area contributed by atoms with Crippen LogP contribution in [0.15, 0.2) is 11.3 Å². The first-order chi connectivity index (χ1) is 7.14. The molecule has 0 N–H and O–H groups in total. The van der Waals surface area contributed by atoms with Crippen LogP contribution < -0.4 is 0 Å². The van der Waals surface area contributed by atoms with Gasteiger partial charge in [-0.05, 0) is 41.7 Å². The fourth-order valence-electron chi connectivity index (χ4n) is 3.46. The standard InChI is InChI=1S/C12H22O2Si/c1-9(2)12-6-5-10(8-12)7-11(12)15(13-3)14-4/h7,9-10,15H,5-6,8H2,1-4H3. The summed E-state index contributed by atoms with van der Waals surface area (Å²) in [5, 5.41) is 1.54. The van der Waals surface area contributed by atoms with Gasteiger partial charge in [0.1, 0.15) is 0 Å². The normalized spacial score (nSPS) is 34.3. The first-order valence-electron chi connectivity index (χ1n) is 5.92. The SMILES string of the molecule is CO[SiH](OC)C1=CC2CCC1(C(C)C)C2. The van der Waals surface area contributed by atoms with Crippen LogP contribution in [0.4, 0.5) is 0 Å². The molecule has 2 aliphatic carbocycles. The third kappa shape index (κ3) is 1.61. The molecular weight excluding hydrogens is 204 g/mol. The van der Waals surface area contributed by atoms with E-state index < -0.39 is 9.28 Å². The molecule has 1 fully saturated rings. The van der Waals surface area contributed by atoms with Gasteiger partial charge in [0.15, 0.2) is 0 Å². The summed E-state index contributed by atoms with van der Waals surface area (Å²) in [6.07, 6.45) is 6.53. The second kappa shape index (κ2) is 4.04. The average molecular weight is 226 g/mol. The molecule has 0 saturated heterocycles. The Bertz CT molecular complexity index is 271. The molecule has 2 nitrogen and oxygen atoms in total. The van der Waals surface area contributed by atoms with Gasteiger partial charge < -0.3 is 8.85 Å². The second-order valence-electron chi connectivity index (χ2n) is 5.24. The van der Waals surface area contributed by atoms with Crippen molar-refractivity contribution in [1.29, 1.82) is 0 Å². The van der Waals surface area contributed by atoms with Crippen molar-refractivity contribution in [2.24, 2.45) is 17.3 Å². The Morgan fingerprint density at radius 1 is 1.40 bits per heavy atom. The molecule has 86 valence electrons. The molecule has 2 rings (SSSR count). The molecule has 3 heteroatoms. The highest BCUT2D eigenvalue weighted by atomic mass is 28.3. The van der Waals surface area contributed by atoms with Crippen LogP contribution in [0.3, 0.4) is 0 Å².